The van der Waals surface area contributed by atoms with Crippen molar-refractivity contribution in [3.63, 3.8) is 0 Å². The van der Waals surface area contributed by atoms with E-state index in [4.69, 9.17) is 10.8 Å². The van der Waals surface area contributed by atoms with Crippen molar-refractivity contribution in [1.82, 2.24) is 5.32 Å². The van der Waals surface area contributed by atoms with Gasteiger partial charge in [0, 0.05) is 5.56 Å². The van der Waals surface area contributed by atoms with Gasteiger partial charge in [-0.3, -0.25) is 4.79 Å². The van der Waals surface area contributed by atoms with E-state index in [9.17, 15) is 14.0 Å². The fourth-order valence-corrected chi connectivity index (χ4v) is 1.71. The standard InChI is InChI=1S/C13H17FN2O3/c1-3-6-13(2,12(18)19)16-11(17)8-4-5-10(15)9(14)7-8/h4-5,7H,3,6,15H2,1-2H3,(H,16,17)(H,18,19). The van der Waals surface area contributed by atoms with Gasteiger partial charge in [0.25, 0.3) is 5.91 Å². The first-order valence-electron chi connectivity index (χ1n) is 5.91. The van der Waals surface area contributed by atoms with Gasteiger partial charge in [-0.15, -0.1) is 0 Å². The van der Waals surface area contributed by atoms with Gasteiger partial charge >= 0.3 is 5.97 Å². The highest BCUT2D eigenvalue weighted by Gasteiger charge is 2.34. The molecular weight excluding hydrogens is 251 g/mol. The van der Waals surface area contributed by atoms with Crippen molar-refractivity contribution in [3.8, 4) is 0 Å². The highest BCUT2D eigenvalue weighted by Crippen LogP contribution is 2.16. The zero-order valence-electron chi connectivity index (χ0n) is 10.9. The van der Waals surface area contributed by atoms with E-state index in [0.29, 0.717) is 6.42 Å². The summed E-state index contributed by atoms with van der Waals surface area (Å²) in [6.07, 6.45) is 0.880. The van der Waals surface area contributed by atoms with E-state index >= 15 is 0 Å². The van der Waals surface area contributed by atoms with Crippen LogP contribution in [0.25, 0.3) is 0 Å². The number of hydrogen-bond donors (Lipinski definition) is 3. The summed E-state index contributed by atoms with van der Waals surface area (Å²) >= 11 is 0. The van der Waals surface area contributed by atoms with Crippen LogP contribution in [0.1, 0.15) is 37.0 Å². The zero-order valence-corrected chi connectivity index (χ0v) is 10.9. The molecule has 1 unspecified atom stereocenters. The van der Waals surface area contributed by atoms with Crippen LogP contribution < -0.4 is 11.1 Å². The average Bonchev–Trinajstić information content (AvgIpc) is 2.32. The summed E-state index contributed by atoms with van der Waals surface area (Å²) in [5, 5.41) is 11.6. The Balaban J connectivity index is 2.94. The number of rotatable bonds is 5. The van der Waals surface area contributed by atoms with Gasteiger partial charge in [0.1, 0.15) is 11.4 Å². The molecule has 0 bridgehead atoms. The van der Waals surface area contributed by atoms with Crippen LogP contribution in [0.4, 0.5) is 10.1 Å². The molecule has 0 aliphatic heterocycles. The third kappa shape index (κ3) is 3.43. The van der Waals surface area contributed by atoms with Gasteiger partial charge in [-0.25, -0.2) is 9.18 Å². The van der Waals surface area contributed by atoms with Crippen LogP contribution in [-0.2, 0) is 4.79 Å². The lowest BCUT2D eigenvalue weighted by Gasteiger charge is -2.25. The van der Waals surface area contributed by atoms with Crippen LogP contribution in [0.15, 0.2) is 18.2 Å². The Morgan fingerprint density at radius 1 is 1.47 bits per heavy atom. The quantitative estimate of drug-likeness (QED) is 0.710. The Morgan fingerprint density at radius 2 is 2.11 bits per heavy atom. The van der Waals surface area contributed by atoms with Crippen molar-refractivity contribution in [2.45, 2.75) is 32.2 Å². The molecule has 1 rings (SSSR count). The molecule has 104 valence electrons. The maximum Gasteiger partial charge on any atom is 0.329 e. The average molecular weight is 268 g/mol. The SMILES string of the molecule is CCCC(C)(NC(=O)c1ccc(N)c(F)c1)C(=O)O. The first-order chi connectivity index (χ1) is 8.80. The summed E-state index contributed by atoms with van der Waals surface area (Å²) in [4.78, 5) is 23.1. The highest BCUT2D eigenvalue weighted by molar-refractivity contribution is 5.98. The van der Waals surface area contributed by atoms with E-state index in [1.807, 2.05) is 6.92 Å². The van der Waals surface area contributed by atoms with Gasteiger partial charge in [-0.2, -0.15) is 0 Å². The summed E-state index contributed by atoms with van der Waals surface area (Å²) in [6, 6.07) is 3.60. The maximum absolute atomic E-state index is 13.3. The first kappa shape index (κ1) is 14.9. The number of carboxylic acids is 1. The lowest BCUT2D eigenvalue weighted by atomic mass is 9.95. The van der Waals surface area contributed by atoms with E-state index in [1.165, 1.54) is 19.1 Å². The third-order valence-corrected chi connectivity index (χ3v) is 2.87. The maximum atomic E-state index is 13.3. The first-order valence-corrected chi connectivity index (χ1v) is 5.91. The molecule has 0 saturated carbocycles. The second kappa shape index (κ2) is 5.69. The van der Waals surface area contributed by atoms with Gasteiger partial charge in [0.15, 0.2) is 0 Å². The highest BCUT2D eigenvalue weighted by atomic mass is 19.1. The molecule has 1 amide bonds. The number of nitrogens with one attached hydrogen (secondary N) is 1. The molecule has 0 aliphatic carbocycles. The fourth-order valence-electron chi connectivity index (χ4n) is 1.71. The fraction of sp³-hybridized carbons (Fsp3) is 0.385. The number of halogens is 1. The number of nitrogen functional groups attached to an aromatic ring is 1. The molecular formula is C13H17FN2O3. The Kier molecular flexibility index (Phi) is 4.47. The number of hydrogen-bond acceptors (Lipinski definition) is 3. The molecule has 0 radical (unpaired) electrons. The summed E-state index contributed by atoms with van der Waals surface area (Å²) < 4.78 is 13.3. The van der Waals surface area contributed by atoms with Crippen LogP contribution in [-0.4, -0.2) is 22.5 Å². The third-order valence-electron chi connectivity index (χ3n) is 2.87. The molecule has 1 aromatic rings. The van der Waals surface area contributed by atoms with Crippen molar-refractivity contribution < 1.29 is 19.1 Å². The molecule has 1 atom stereocenters. The molecule has 0 fully saturated rings. The minimum absolute atomic E-state index is 0.0373. The number of nitrogens with two attached hydrogens (primary N) is 1. The lowest BCUT2D eigenvalue weighted by Crippen LogP contribution is -2.52. The van der Waals surface area contributed by atoms with Crippen molar-refractivity contribution in [2.75, 3.05) is 5.73 Å². The largest absolute Gasteiger partial charge is 0.480 e. The Labute approximate surface area is 110 Å². The smallest absolute Gasteiger partial charge is 0.329 e. The lowest BCUT2D eigenvalue weighted by molar-refractivity contribution is -0.144. The molecule has 6 heteroatoms. The van der Waals surface area contributed by atoms with Gasteiger partial charge in [-0.1, -0.05) is 13.3 Å². The minimum atomic E-state index is -1.37. The summed E-state index contributed by atoms with van der Waals surface area (Å²) in [6.45, 7) is 3.24. The molecule has 5 nitrogen and oxygen atoms in total. The normalized spacial score (nSPS) is 13.6. The van der Waals surface area contributed by atoms with E-state index in [-0.39, 0.29) is 17.7 Å². The predicted molar refractivity (Wildman–Crippen MR) is 69.2 cm³/mol. The molecule has 19 heavy (non-hydrogen) atoms. The van der Waals surface area contributed by atoms with Crippen LogP contribution in [0.2, 0.25) is 0 Å². The zero-order chi connectivity index (χ0) is 14.6. The van der Waals surface area contributed by atoms with E-state index in [1.54, 1.807) is 0 Å². The van der Waals surface area contributed by atoms with Crippen molar-refractivity contribution >= 4 is 17.6 Å². The summed E-state index contributed by atoms with van der Waals surface area (Å²) in [5.74, 6) is -2.48. The number of aliphatic carboxylic acids is 1. The predicted octanol–water partition coefficient (Wildman–Crippen LogP) is 1.78. The summed E-state index contributed by atoms with van der Waals surface area (Å²) in [7, 11) is 0. The second-order valence-corrected chi connectivity index (χ2v) is 4.58. The van der Waals surface area contributed by atoms with Gasteiger partial charge in [-0.05, 0) is 31.5 Å². The Morgan fingerprint density at radius 3 is 2.58 bits per heavy atom. The van der Waals surface area contributed by atoms with E-state index in [0.717, 1.165) is 6.07 Å². The van der Waals surface area contributed by atoms with Crippen LogP contribution in [0.5, 0.6) is 0 Å². The van der Waals surface area contributed by atoms with Crippen LogP contribution in [0.3, 0.4) is 0 Å². The number of carbonyl (C=O) groups is 2. The monoisotopic (exact) mass is 268 g/mol. The number of amides is 1. The topological polar surface area (TPSA) is 92.4 Å². The van der Waals surface area contributed by atoms with Gasteiger partial charge in [0.05, 0.1) is 5.69 Å². The number of carbonyl (C=O) groups excluding carboxylic acids is 1. The van der Waals surface area contributed by atoms with Gasteiger partial charge < -0.3 is 16.2 Å². The molecule has 0 aromatic heterocycles. The summed E-state index contributed by atoms with van der Waals surface area (Å²) in [5.41, 5.74) is 3.91. The molecule has 1 aromatic carbocycles. The Bertz CT molecular complexity index is 505. The number of anilines is 1. The molecule has 0 heterocycles. The van der Waals surface area contributed by atoms with E-state index in [2.05, 4.69) is 5.32 Å². The number of carboxylic acid groups (broad SMARTS) is 1. The van der Waals surface area contributed by atoms with E-state index < -0.39 is 23.2 Å². The van der Waals surface area contributed by atoms with Crippen molar-refractivity contribution in [1.29, 1.82) is 0 Å². The van der Waals surface area contributed by atoms with Crippen LogP contribution >= 0.6 is 0 Å². The van der Waals surface area contributed by atoms with Gasteiger partial charge in [0.2, 0.25) is 0 Å². The molecule has 0 saturated heterocycles. The molecule has 0 spiro atoms. The van der Waals surface area contributed by atoms with Crippen molar-refractivity contribution in [2.24, 2.45) is 0 Å². The van der Waals surface area contributed by atoms with Crippen molar-refractivity contribution in [3.05, 3.63) is 29.6 Å². The minimum Gasteiger partial charge on any atom is -0.480 e. The van der Waals surface area contributed by atoms with Crippen LogP contribution in [0, 0.1) is 5.82 Å². The molecule has 0 aliphatic rings. The number of benzene rings is 1. The molecule has 4 N–H and O–H groups in total. The second-order valence-electron chi connectivity index (χ2n) is 4.58. The Hall–Kier alpha value is -2.11.